The van der Waals surface area contributed by atoms with Crippen LogP contribution in [-0.4, -0.2) is 51.3 Å². The van der Waals surface area contributed by atoms with Crippen LogP contribution in [0.2, 0.25) is 0 Å². The largest absolute Gasteiger partial charge is 0.480 e. The molecule has 2 heterocycles. The molecule has 0 aromatic carbocycles. The maximum Gasteiger partial charge on any atom is 0.327 e. The second-order valence-electron chi connectivity index (χ2n) is 4.22. The average Bonchev–Trinajstić information content (AvgIpc) is 2.81. The Morgan fingerprint density at radius 1 is 1.68 bits per heavy atom. The van der Waals surface area contributed by atoms with Gasteiger partial charge in [0, 0.05) is 24.1 Å². The Bertz CT molecular complexity index is 476. The van der Waals surface area contributed by atoms with Crippen LogP contribution in [0, 0.1) is 6.92 Å². The van der Waals surface area contributed by atoms with E-state index in [1.165, 1.54) is 16.7 Å². The summed E-state index contributed by atoms with van der Waals surface area (Å²) in [7, 11) is 0. The minimum Gasteiger partial charge on any atom is -0.480 e. The van der Waals surface area contributed by atoms with Crippen molar-refractivity contribution in [2.45, 2.75) is 19.5 Å². The number of urea groups is 1. The highest BCUT2D eigenvalue weighted by Crippen LogP contribution is 2.16. The number of amides is 2. The molecular formula is C11H15N3O4S. The van der Waals surface area contributed by atoms with Gasteiger partial charge in [-0.15, -0.1) is 0 Å². The van der Waals surface area contributed by atoms with E-state index in [1.807, 2.05) is 0 Å². The summed E-state index contributed by atoms with van der Waals surface area (Å²) in [5.41, 5.74) is 0.738. The lowest BCUT2D eigenvalue weighted by molar-refractivity contribution is -0.141. The molecule has 1 atom stereocenters. The Balaban J connectivity index is 1.92. The molecule has 1 aliphatic rings. The van der Waals surface area contributed by atoms with Gasteiger partial charge in [-0.3, -0.25) is 0 Å². The summed E-state index contributed by atoms with van der Waals surface area (Å²) in [6, 6.07) is 0.568. The zero-order valence-electron chi connectivity index (χ0n) is 10.5. The number of hydrogen-bond donors (Lipinski definition) is 2. The number of carboxylic acid groups (broad SMARTS) is 1. The molecule has 1 aromatic heterocycles. The highest BCUT2D eigenvalue weighted by Gasteiger charge is 2.32. The molecule has 0 spiro atoms. The monoisotopic (exact) mass is 285 g/mol. The molecule has 0 saturated carbocycles. The molecule has 19 heavy (non-hydrogen) atoms. The van der Waals surface area contributed by atoms with Crippen LogP contribution in [0.5, 0.6) is 0 Å². The number of carboxylic acids is 1. The van der Waals surface area contributed by atoms with Gasteiger partial charge in [-0.1, -0.05) is 5.16 Å². The average molecular weight is 285 g/mol. The van der Waals surface area contributed by atoms with Crippen molar-refractivity contribution in [2.75, 3.05) is 18.1 Å². The fraction of sp³-hybridized carbons (Fsp3) is 0.545. The first-order valence-corrected chi connectivity index (χ1v) is 7.00. The zero-order chi connectivity index (χ0) is 13.8. The van der Waals surface area contributed by atoms with E-state index < -0.39 is 12.0 Å². The van der Waals surface area contributed by atoms with Crippen LogP contribution < -0.4 is 5.32 Å². The molecule has 1 saturated heterocycles. The van der Waals surface area contributed by atoms with Gasteiger partial charge in [-0.2, -0.15) is 11.8 Å². The summed E-state index contributed by atoms with van der Waals surface area (Å²) >= 11 is 1.54. The van der Waals surface area contributed by atoms with Gasteiger partial charge in [0.15, 0.2) is 5.76 Å². The van der Waals surface area contributed by atoms with E-state index in [9.17, 15) is 9.59 Å². The normalized spacial score (nSPS) is 19.2. The summed E-state index contributed by atoms with van der Waals surface area (Å²) in [4.78, 5) is 24.4. The standard InChI is InChI=1S/C11H15N3O4S/c1-7-4-8(18-13-7)5-12-11(17)14-2-3-19-6-9(14)10(15)16/h4,9H,2-3,5-6H2,1H3,(H,12,17)(H,15,16). The van der Waals surface area contributed by atoms with E-state index in [0.29, 0.717) is 18.1 Å². The van der Waals surface area contributed by atoms with Crippen LogP contribution in [0.4, 0.5) is 4.79 Å². The molecule has 1 aliphatic heterocycles. The number of carbonyl (C=O) groups is 2. The SMILES string of the molecule is Cc1cc(CNC(=O)N2CCSCC2C(=O)O)on1. The Morgan fingerprint density at radius 3 is 3.11 bits per heavy atom. The van der Waals surface area contributed by atoms with Gasteiger partial charge in [0.25, 0.3) is 0 Å². The van der Waals surface area contributed by atoms with E-state index in [2.05, 4.69) is 10.5 Å². The number of aryl methyl sites for hydroxylation is 1. The van der Waals surface area contributed by atoms with Crippen molar-refractivity contribution in [3.05, 3.63) is 17.5 Å². The van der Waals surface area contributed by atoms with Crippen molar-refractivity contribution < 1.29 is 19.2 Å². The zero-order valence-corrected chi connectivity index (χ0v) is 11.3. The third kappa shape index (κ3) is 3.40. The second-order valence-corrected chi connectivity index (χ2v) is 5.37. The Hall–Kier alpha value is -1.70. The smallest absolute Gasteiger partial charge is 0.327 e. The first kappa shape index (κ1) is 13.7. The quantitative estimate of drug-likeness (QED) is 0.848. The van der Waals surface area contributed by atoms with Crippen molar-refractivity contribution in [1.29, 1.82) is 0 Å². The van der Waals surface area contributed by atoms with Gasteiger partial charge in [0.1, 0.15) is 6.04 Å². The highest BCUT2D eigenvalue weighted by atomic mass is 32.2. The molecule has 1 fully saturated rings. The van der Waals surface area contributed by atoms with Gasteiger partial charge < -0.3 is 19.8 Å². The number of hydrogen-bond acceptors (Lipinski definition) is 5. The molecule has 104 valence electrons. The van der Waals surface area contributed by atoms with Gasteiger partial charge in [-0.05, 0) is 6.92 Å². The Kier molecular flexibility index (Phi) is 4.31. The summed E-state index contributed by atoms with van der Waals surface area (Å²) in [6.45, 7) is 2.43. The lowest BCUT2D eigenvalue weighted by atomic mass is 10.3. The Labute approximate surface area is 114 Å². The molecule has 0 radical (unpaired) electrons. The molecule has 7 nitrogen and oxygen atoms in total. The van der Waals surface area contributed by atoms with E-state index in [-0.39, 0.29) is 12.6 Å². The number of carbonyl (C=O) groups excluding carboxylic acids is 1. The van der Waals surface area contributed by atoms with E-state index in [4.69, 9.17) is 9.63 Å². The summed E-state index contributed by atoms with van der Waals surface area (Å²) in [5, 5.41) is 15.4. The molecule has 1 aromatic rings. The topological polar surface area (TPSA) is 95.7 Å². The Morgan fingerprint density at radius 2 is 2.47 bits per heavy atom. The fourth-order valence-corrected chi connectivity index (χ4v) is 2.85. The molecule has 8 heteroatoms. The number of thioether (sulfide) groups is 1. The predicted octanol–water partition coefficient (Wildman–Crippen LogP) is 0.695. The third-order valence-electron chi connectivity index (χ3n) is 2.77. The van der Waals surface area contributed by atoms with Crippen LogP contribution in [0.15, 0.2) is 10.6 Å². The van der Waals surface area contributed by atoms with E-state index in [1.54, 1.807) is 13.0 Å². The van der Waals surface area contributed by atoms with Crippen molar-refractivity contribution in [3.8, 4) is 0 Å². The molecule has 0 bridgehead atoms. The van der Waals surface area contributed by atoms with Crippen LogP contribution in [-0.2, 0) is 11.3 Å². The predicted molar refractivity (Wildman–Crippen MR) is 68.9 cm³/mol. The molecule has 1 unspecified atom stereocenters. The van der Waals surface area contributed by atoms with Gasteiger partial charge in [-0.25, -0.2) is 9.59 Å². The number of nitrogens with one attached hydrogen (secondary N) is 1. The van der Waals surface area contributed by atoms with Crippen LogP contribution in [0.3, 0.4) is 0 Å². The van der Waals surface area contributed by atoms with Crippen LogP contribution in [0.1, 0.15) is 11.5 Å². The molecule has 2 amide bonds. The van der Waals surface area contributed by atoms with Gasteiger partial charge >= 0.3 is 12.0 Å². The second kappa shape index (κ2) is 5.96. The number of aliphatic carboxylic acids is 1. The maximum absolute atomic E-state index is 12.0. The van der Waals surface area contributed by atoms with Crippen molar-refractivity contribution in [2.24, 2.45) is 0 Å². The molecular weight excluding hydrogens is 270 g/mol. The van der Waals surface area contributed by atoms with E-state index >= 15 is 0 Å². The van der Waals surface area contributed by atoms with Gasteiger partial charge in [0.2, 0.25) is 0 Å². The minimum atomic E-state index is -0.974. The number of nitrogens with zero attached hydrogens (tertiary/aromatic N) is 2. The van der Waals surface area contributed by atoms with Gasteiger partial charge in [0.05, 0.1) is 12.2 Å². The number of aromatic nitrogens is 1. The third-order valence-corrected chi connectivity index (χ3v) is 3.79. The highest BCUT2D eigenvalue weighted by molar-refractivity contribution is 7.99. The summed E-state index contributed by atoms with van der Waals surface area (Å²) in [5.74, 6) is 0.741. The van der Waals surface area contributed by atoms with Crippen molar-refractivity contribution in [1.82, 2.24) is 15.4 Å². The van der Waals surface area contributed by atoms with E-state index in [0.717, 1.165) is 11.4 Å². The lowest BCUT2D eigenvalue weighted by Crippen LogP contribution is -2.53. The summed E-state index contributed by atoms with van der Waals surface area (Å²) in [6.07, 6.45) is 0. The minimum absolute atomic E-state index is 0.204. The first-order valence-electron chi connectivity index (χ1n) is 5.85. The maximum atomic E-state index is 12.0. The molecule has 2 N–H and O–H groups in total. The van der Waals surface area contributed by atoms with Crippen LogP contribution >= 0.6 is 11.8 Å². The molecule has 2 rings (SSSR count). The lowest BCUT2D eigenvalue weighted by Gasteiger charge is -2.32. The number of rotatable bonds is 3. The van der Waals surface area contributed by atoms with Crippen molar-refractivity contribution >= 4 is 23.8 Å². The molecule has 0 aliphatic carbocycles. The van der Waals surface area contributed by atoms with Crippen LogP contribution in [0.25, 0.3) is 0 Å². The fourth-order valence-electron chi connectivity index (χ4n) is 1.82. The van der Waals surface area contributed by atoms with Crippen molar-refractivity contribution in [3.63, 3.8) is 0 Å². The summed E-state index contributed by atoms with van der Waals surface area (Å²) < 4.78 is 4.97. The first-order chi connectivity index (χ1) is 9.08.